The number of hydrogen-bond donors (Lipinski definition) is 3. The van der Waals surface area contributed by atoms with Gasteiger partial charge in [0.1, 0.15) is 10.9 Å². The molecule has 0 fully saturated rings. The van der Waals surface area contributed by atoms with E-state index in [-0.39, 0.29) is 0 Å². The van der Waals surface area contributed by atoms with Crippen molar-refractivity contribution < 1.29 is 28.0 Å². The molecule has 4 N–H and O–H groups in total. The minimum absolute atomic E-state index is 0.483. The monoisotopic (exact) mass is 318 g/mol. The van der Waals surface area contributed by atoms with E-state index in [1.165, 1.54) is 0 Å². The van der Waals surface area contributed by atoms with E-state index >= 15 is 0 Å². The molecule has 0 aliphatic heterocycles. The van der Waals surface area contributed by atoms with Gasteiger partial charge in [-0.3, -0.25) is 9.59 Å². The highest BCUT2D eigenvalue weighted by Gasteiger charge is 2.28. The molecular formula is C9H10N4O7S. The average Bonchev–Trinajstić information content (AvgIpc) is 2.37. The van der Waals surface area contributed by atoms with Gasteiger partial charge in [-0.15, -0.1) is 0 Å². The van der Waals surface area contributed by atoms with Gasteiger partial charge in [-0.2, -0.15) is 4.72 Å². The summed E-state index contributed by atoms with van der Waals surface area (Å²) in [6, 6.07) is -0.0163. The summed E-state index contributed by atoms with van der Waals surface area (Å²) in [7, 11) is -4.32. The van der Waals surface area contributed by atoms with Gasteiger partial charge in [-0.1, -0.05) is 0 Å². The number of amides is 1. The second-order valence-electron chi connectivity index (χ2n) is 3.79. The second-order valence-corrected chi connectivity index (χ2v) is 5.51. The van der Waals surface area contributed by atoms with Crippen LogP contribution < -0.4 is 10.5 Å². The first-order valence-electron chi connectivity index (χ1n) is 5.27. The lowest BCUT2D eigenvalue weighted by molar-refractivity contribution is -0.389. The number of pyridine rings is 1. The zero-order valence-electron chi connectivity index (χ0n) is 10.3. The predicted molar refractivity (Wildman–Crippen MR) is 66.4 cm³/mol. The number of primary amides is 1. The summed E-state index contributed by atoms with van der Waals surface area (Å²) < 4.78 is 25.5. The minimum Gasteiger partial charge on any atom is -0.480 e. The lowest BCUT2D eigenvalue weighted by Crippen LogP contribution is -2.43. The molecule has 114 valence electrons. The van der Waals surface area contributed by atoms with Crippen LogP contribution in [0.15, 0.2) is 23.2 Å². The van der Waals surface area contributed by atoms with Gasteiger partial charge in [0.05, 0.1) is 6.42 Å². The van der Waals surface area contributed by atoms with Gasteiger partial charge in [0.2, 0.25) is 15.9 Å². The summed E-state index contributed by atoms with van der Waals surface area (Å²) in [4.78, 5) is 33.9. The van der Waals surface area contributed by atoms with E-state index in [0.29, 0.717) is 6.20 Å². The normalized spacial score (nSPS) is 12.6. The van der Waals surface area contributed by atoms with Crippen molar-refractivity contribution in [2.24, 2.45) is 5.73 Å². The topological polar surface area (TPSA) is 183 Å². The van der Waals surface area contributed by atoms with Crippen molar-refractivity contribution >= 4 is 27.7 Å². The van der Waals surface area contributed by atoms with Crippen LogP contribution in [0.1, 0.15) is 6.42 Å². The van der Waals surface area contributed by atoms with Crippen LogP contribution in [-0.4, -0.2) is 41.3 Å². The summed E-state index contributed by atoms with van der Waals surface area (Å²) in [5.74, 6) is -3.17. The maximum absolute atomic E-state index is 11.9. The fraction of sp³-hybridized carbons (Fsp3) is 0.222. The molecule has 11 nitrogen and oxygen atoms in total. The van der Waals surface area contributed by atoms with Crippen molar-refractivity contribution in [3.8, 4) is 0 Å². The van der Waals surface area contributed by atoms with Gasteiger partial charge in [-0.05, 0) is 16.0 Å². The van der Waals surface area contributed by atoms with Gasteiger partial charge in [0, 0.05) is 6.07 Å². The lowest BCUT2D eigenvalue weighted by atomic mass is 10.2. The highest BCUT2D eigenvalue weighted by molar-refractivity contribution is 7.89. The largest absolute Gasteiger partial charge is 0.480 e. The van der Waals surface area contributed by atoms with Crippen molar-refractivity contribution in [2.45, 2.75) is 17.4 Å². The Labute approximate surface area is 118 Å². The molecular weight excluding hydrogens is 308 g/mol. The number of nitrogens with two attached hydrogens (primary N) is 1. The zero-order chi connectivity index (χ0) is 16.2. The molecule has 1 aromatic rings. The van der Waals surface area contributed by atoms with E-state index in [1.807, 2.05) is 0 Å². The van der Waals surface area contributed by atoms with E-state index in [0.717, 1.165) is 12.1 Å². The van der Waals surface area contributed by atoms with Gasteiger partial charge >= 0.3 is 11.8 Å². The predicted octanol–water partition coefficient (Wildman–Crippen LogP) is -1.40. The SMILES string of the molecule is NC(=O)C[C@@H](NS(=O)(=O)c1ccc([N+](=O)[O-])nc1)C(=O)O. The molecule has 12 heteroatoms. The van der Waals surface area contributed by atoms with E-state index < -0.39 is 50.0 Å². The van der Waals surface area contributed by atoms with E-state index in [4.69, 9.17) is 10.8 Å². The molecule has 0 saturated heterocycles. The van der Waals surface area contributed by atoms with Crippen LogP contribution in [0.25, 0.3) is 0 Å². The van der Waals surface area contributed by atoms with Crippen LogP contribution in [-0.2, 0) is 19.6 Å². The number of aliphatic carboxylic acids is 1. The Morgan fingerprint density at radius 2 is 2.10 bits per heavy atom. The number of nitrogens with one attached hydrogen (secondary N) is 1. The van der Waals surface area contributed by atoms with Crippen molar-refractivity contribution in [1.82, 2.24) is 9.71 Å². The molecule has 21 heavy (non-hydrogen) atoms. The molecule has 0 aliphatic carbocycles. The third kappa shape index (κ3) is 4.47. The Morgan fingerprint density at radius 1 is 1.48 bits per heavy atom. The minimum atomic E-state index is -4.32. The fourth-order valence-corrected chi connectivity index (χ4v) is 2.41. The molecule has 0 radical (unpaired) electrons. The van der Waals surface area contributed by atoms with Crippen molar-refractivity contribution in [2.75, 3.05) is 0 Å². The van der Waals surface area contributed by atoms with Gasteiger partial charge in [0.15, 0.2) is 6.20 Å². The number of carboxylic acids is 1. The number of hydrogen-bond acceptors (Lipinski definition) is 7. The summed E-state index contributed by atoms with van der Waals surface area (Å²) in [5, 5.41) is 19.2. The summed E-state index contributed by atoms with van der Waals surface area (Å²) in [6.07, 6.45) is -0.0430. The van der Waals surface area contributed by atoms with Crippen LogP contribution in [0.2, 0.25) is 0 Å². The first kappa shape index (κ1) is 16.5. The quantitative estimate of drug-likeness (QED) is 0.404. The first-order chi connectivity index (χ1) is 9.63. The fourth-order valence-electron chi connectivity index (χ4n) is 1.28. The van der Waals surface area contributed by atoms with E-state index in [2.05, 4.69) is 4.98 Å². The Morgan fingerprint density at radius 3 is 2.48 bits per heavy atom. The average molecular weight is 318 g/mol. The van der Waals surface area contributed by atoms with Gasteiger partial charge < -0.3 is 21.0 Å². The lowest BCUT2D eigenvalue weighted by Gasteiger charge is -2.12. The van der Waals surface area contributed by atoms with E-state index in [1.54, 1.807) is 4.72 Å². The molecule has 1 atom stereocenters. The molecule has 0 bridgehead atoms. The third-order valence-electron chi connectivity index (χ3n) is 2.22. The van der Waals surface area contributed by atoms with Crippen LogP contribution in [0.3, 0.4) is 0 Å². The van der Waals surface area contributed by atoms with Crippen LogP contribution >= 0.6 is 0 Å². The molecule has 0 aromatic carbocycles. The summed E-state index contributed by atoms with van der Waals surface area (Å²) in [6.45, 7) is 0. The van der Waals surface area contributed by atoms with Crippen molar-refractivity contribution in [1.29, 1.82) is 0 Å². The highest BCUT2D eigenvalue weighted by atomic mass is 32.2. The first-order valence-corrected chi connectivity index (χ1v) is 6.75. The van der Waals surface area contributed by atoms with Crippen molar-refractivity contribution in [3.63, 3.8) is 0 Å². The van der Waals surface area contributed by atoms with Gasteiger partial charge in [0.25, 0.3) is 0 Å². The number of nitro groups is 1. The standard InChI is InChI=1S/C9H10N4O7S/c10-7(14)3-6(9(15)16)12-21(19,20)5-1-2-8(11-4-5)13(17)18/h1-2,4,6,12H,3H2,(H2,10,14)(H,15,16)/t6-/m1/s1. The Hall–Kier alpha value is -2.60. The number of carbonyl (C=O) groups excluding carboxylic acids is 1. The molecule has 1 heterocycles. The molecule has 1 aromatic heterocycles. The molecule has 0 saturated carbocycles. The highest BCUT2D eigenvalue weighted by Crippen LogP contribution is 2.13. The zero-order valence-corrected chi connectivity index (χ0v) is 11.1. The second kappa shape index (κ2) is 6.23. The number of rotatable bonds is 7. The van der Waals surface area contributed by atoms with Crippen LogP contribution in [0, 0.1) is 10.1 Å². The summed E-state index contributed by atoms with van der Waals surface area (Å²) in [5.41, 5.74) is 4.82. The summed E-state index contributed by atoms with van der Waals surface area (Å²) >= 11 is 0. The molecule has 0 aliphatic rings. The molecule has 1 amide bonds. The smallest absolute Gasteiger partial charge is 0.363 e. The van der Waals surface area contributed by atoms with E-state index in [9.17, 15) is 28.1 Å². The number of sulfonamides is 1. The maximum atomic E-state index is 11.9. The Kier molecular flexibility index (Phi) is 4.88. The van der Waals surface area contributed by atoms with Crippen LogP contribution in [0.5, 0.6) is 0 Å². The number of carboxylic acid groups (broad SMARTS) is 1. The van der Waals surface area contributed by atoms with Gasteiger partial charge in [-0.25, -0.2) is 8.42 Å². The van der Waals surface area contributed by atoms with Crippen LogP contribution in [0.4, 0.5) is 5.82 Å². The Balaban J connectivity index is 3.01. The van der Waals surface area contributed by atoms with Crippen molar-refractivity contribution in [3.05, 3.63) is 28.4 Å². The third-order valence-corrected chi connectivity index (χ3v) is 3.68. The number of carbonyl (C=O) groups is 2. The maximum Gasteiger partial charge on any atom is 0.363 e. The molecule has 0 spiro atoms. The number of aromatic nitrogens is 1. The molecule has 0 unspecified atom stereocenters. The molecule has 1 rings (SSSR count). The Bertz CT molecular complexity index is 670. The number of nitrogens with zero attached hydrogens (tertiary/aromatic N) is 2.